The summed E-state index contributed by atoms with van der Waals surface area (Å²) in [5.41, 5.74) is 7.60. The summed E-state index contributed by atoms with van der Waals surface area (Å²) in [4.78, 5) is 42.2. The molecule has 0 saturated carbocycles. The number of nitrogens with two attached hydrogens (primary N) is 1. The lowest BCUT2D eigenvalue weighted by molar-refractivity contribution is 0.0635. The second-order valence-corrected chi connectivity index (χ2v) is 7.12. The Labute approximate surface area is 163 Å². The van der Waals surface area contributed by atoms with Crippen molar-refractivity contribution in [2.24, 2.45) is 5.73 Å². The van der Waals surface area contributed by atoms with E-state index in [-0.39, 0.29) is 23.2 Å². The number of anilines is 1. The number of nitrogens with zero attached hydrogens (tertiary/aromatic N) is 2. The Morgan fingerprint density at radius 2 is 1.89 bits per heavy atom. The highest BCUT2D eigenvalue weighted by atomic mass is 16.2. The van der Waals surface area contributed by atoms with Crippen molar-refractivity contribution in [3.63, 3.8) is 0 Å². The predicted molar refractivity (Wildman–Crippen MR) is 106 cm³/mol. The van der Waals surface area contributed by atoms with Crippen LogP contribution in [0.3, 0.4) is 0 Å². The molecule has 2 heterocycles. The average molecular weight is 380 g/mol. The van der Waals surface area contributed by atoms with Crippen LogP contribution in [0.1, 0.15) is 63.0 Å². The van der Waals surface area contributed by atoms with Gasteiger partial charge in [0.25, 0.3) is 11.8 Å². The van der Waals surface area contributed by atoms with Crippen LogP contribution in [0.5, 0.6) is 0 Å². The summed E-state index contributed by atoms with van der Waals surface area (Å²) in [5.74, 6) is -0.974. The third kappa shape index (κ3) is 4.19. The van der Waals surface area contributed by atoms with E-state index in [4.69, 9.17) is 5.73 Å². The van der Waals surface area contributed by atoms with Crippen molar-refractivity contribution in [2.75, 3.05) is 11.9 Å². The minimum Gasteiger partial charge on any atom is -0.366 e. The molecule has 7 heteroatoms. The van der Waals surface area contributed by atoms with Crippen molar-refractivity contribution in [3.8, 4) is 0 Å². The van der Waals surface area contributed by atoms with E-state index >= 15 is 0 Å². The monoisotopic (exact) mass is 380 g/mol. The van der Waals surface area contributed by atoms with E-state index in [1.54, 1.807) is 18.2 Å². The number of benzene rings is 1. The van der Waals surface area contributed by atoms with Crippen LogP contribution in [-0.4, -0.2) is 40.2 Å². The Bertz CT molecular complexity index is 908. The first kappa shape index (κ1) is 19.5. The molecule has 1 aliphatic rings. The highest BCUT2D eigenvalue weighted by Crippen LogP contribution is 2.22. The maximum Gasteiger partial charge on any atom is 0.274 e. The minimum atomic E-state index is -0.599. The molecular formula is C21H24N4O3. The Kier molecular flexibility index (Phi) is 5.73. The number of primary amides is 1. The Hall–Kier alpha value is -3.22. The molecule has 7 nitrogen and oxygen atoms in total. The summed E-state index contributed by atoms with van der Waals surface area (Å²) in [7, 11) is 0. The fourth-order valence-corrected chi connectivity index (χ4v) is 3.36. The van der Waals surface area contributed by atoms with Gasteiger partial charge in [-0.3, -0.25) is 19.4 Å². The molecule has 1 aromatic heterocycles. The Morgan fingerprint density at radius 3 is 2.50 bits per heavy atom. The summed E-state index contributed by atoms with van der Waals surface area (Å²) in [6.45, 7) is 4.70. The lowest BCUT2D eigenvalue weighted by Crippen LogP contribution is -2.42. The Balaban J connectivity index is 1.72. The van der Waals surface area contributed by atoms with E-state index < -0.39 is 11.8 Å². The molecule has 1 atom stereocenters. The Morgan fingerprint density at radius 1 is 1.14 bits per heavy atom. The molecular weight excluding hydrogens is 356 g/mol. The molecule has 0 spiro atoms. The SMILES string of the molecule is Cc1cc(C(=O)N2CCCCC2C)ccc1NC(=O)c1ccc(C(N)=O)cn1. The molecule has 3 amide bonds. The predicted octanol–water partition coefficient (Wildman–Crippen LogP) is 2.76. The lowest BCUT2D eigenvalue weighted by atomic mass is 10.0. The minimum absolute atomic E-state index is 0.0249. The molecule has 1 fully saturated rings. The number of aromatic nitrogens is 1. The molecule has 1 unspecified atom stereocenters. The van der Waals surface area contributed by atoms with Gasteiger partial charge in [-0.2, -0.15) is 0 Å². The summed E-state index contributed by atoms with van der Waals surface area (Å²) in [6.07, 6.45) is 4.49. The second kappa shape index (κ2) is 8.21. The van der Waals surface area contributed by atoms with Crippen molar-refractivity contribution < 1.29 is 14.4 Å². The van der Waals surface area contributed by atoms with E-state index in [0.717, 1.165) is 31.4 Å². The number of carbonyl (C=O) groups is 3. The van der Waals surface area contributed by atoms with Gasteiger partial charge < -0.3 is 16.0 Å². The molecule has 2 aromatic rings. The number of hydrogen-bond acceptors (Lipinski definition) is 4. The number of nitrogens with one attached hydrogen (secondary N) is 1. The molecule has 0 bridgehead atoms. The van der Waals surface area contributed by atoms with Crippen molar-refractivity contribution in [1.29, 1.82) is 0 Å². The van der Waals surface area contributed by atoms with Gasteiger partial charge >= 0.3 is 0 Å². The number of pyridine rings is 1. The lowest BCUT2D eigenvalue weighted by Gasteiger charge is -2.33. The number of amides is 3. The molecule has 28 heavy (non-hydrogen) atoms. The summed E-state index contributed by atoms with van der Waals surface area (Å²) < 4.78 is 0. The number of rotatable bonds is 4. The second-order valence-electron chi connectivity index (χ2n) is 7.12. The summed E-state index contributed by atoms with van der Waals surface area (Å²) in [6, 6.07) is 8.40. The van der Waals surface area contributed by atoms with E-state index in [2.05, 4.69) is 17.2 Å². The maximum absolute atomic E-state index is 12.8. The zero-order valence-electron chi connectivity index (χ0n) is 16.1. The third-order valence-electron chi connectivity index (χ3n) is 5.07. The molecule has 0 aliphatic carbocycles. The topological polar surface area (TPSA) is 105 Å². The summed E-state index contributed by atoms with van der Waals surface area (Å²) >= 11 is 0. The first-order valence-electron chi connectivity index (χ1n) is 9.35. The molecule has 1 aliphatic heterocycles. The van der Waals surface area contributed by atoms with E-state index in [1.807, 2.05) is 11.8 Å². The molecule has 0 radical (unpaired) electrons. The van der Waals surface area contributed by atoms with Gasteiger partial charge in [0.15, 0.2) is 0 Å². The molecule has 146 valence electrons. The molecule has 1 saturated heterocycles. The van der Waals surface area contributed by atoms with Gasteiger partial charge in [0.05, 0.1) is 5.56 Å². The van der Waals surface area contributed by atoms with Crippen LogP contribution in [0.4, 0.5) is 5.69 Å². The molecule has 3 N–H and O–H groups in total. The van der Waals surface area contributed by atoms with Gasteiger partial charge in [0, 0.05) is 30.0 Å². The summed E-state index contributed by atoms with van der Waals surface area (Å²) in [5, 5.41) is 2.79. The maximum atomic E-state index is 12.8. The van der Waals surface area contributed by atoms with Crippen molar-refractivity contribution >= 4 is 23.4 Å². The fraction of sp³-hybridized carbons (Fsp3) is 0.333. The van der Waals surface area contributed by atoms with Gasteiger partial charge in [0.2, 0.25) is 5.91 Å². The zero-order chi connectivity index (χ0) is 20.3. The van der Waals surface area contributed by atoms with Crippen LogP contribution in [0.25, 0.3) is 0 Å². The first-order chi connectivity index (χ1) is 13.4. The smallest absolute Gasteiger partial charge is 0.274 e. The quantitative estimate of drug-likeness (QED) is 0.851. The number of piperidine rings is 1. The fourth-order valence-electron chi connectivity index (χ4n) is 3.36. The largest absolute Gasteiger partial charge is 0.366 e. The van der Waals surface area contributed by atoms with Crippen LogP contribution < -0.4 is 11.1 Å². The highest BCUT2D eigenvalue weighted by Gasteiger charge is 2.24. The van der Waals surface area contributed by atoms with Gasteiger partial charge in [-0.1, -0.05) is 0 Å². The highest BCUT2D eigenvalue weighted by molar-refractivity contribution is 6.04. The van der Waals surface area contributed by atoms with Crippen LogP contribution in [0.2, 0.25) is 0 Å². The van der Waals surface area contributed by atoms with E-state index in [9.17, 15) is 14.4 Å². The number of hydrogen-bond donors (Lipinski definition) is 2. The number of likely N-dealkylation sites (tertiary alicyclic amines) is 1. The van der Waals surface area contributed by atoms with Gasteiger partial charge in [-0.15, -0.1) is 0 Å². The number of aryl methyl sites for hydroxylation is 1. The molecule has 3 rings (SSSR count). The van der Waals surface area contributed by atoms with Crippen molar-refractivity contribution in [2.45, 2.75) is 39.2 Å². The van der Waals surface area contributed by atoms with Crippen molar-refractivity contribution in [3.05, 3.63) is 58.9 Å². The third-order valence-corrected chi connectivity index (χ3v) is 5.07. The van der Waals surface area contributed by atoms with Crippen LogP contribution in [0.15, 0.2) is 36.5 Å². The first-order valence-corrected chi connectivity index (χ1v) is 9.35. The normalized spacial score (nSPS) is 16.5. The van der Waals surface area contributed by atoms with E-state index in [0.29, 0.717) is 11.3 Å². The molecule has 1 aromatic carbocycles. The van der Waals surface area contributed by atoms with Crippen LogP contribution >= 0.6 is 0 Å². The van der Waals surface area contributed by atoms with Crippen LogP contribution in [0, 0.1) is 6.92 Å². The van der Waals surface area contributed by atoms with E-state index in [1.165, 1.54) is 18.3 Å². The standard InChI is InChI=1S/C21H24N4O3/c1-13-11-15(21(28)25-10-4-3-5-14(25)2)6-8-17(13)24-20(27)18-9-7-16(12-23-18)19(22)26/h6-9,11-12,14H,3-5,10H2,1-2H3,(H2,22,26)(H,24,27). The van der Waals surface area contributed by atoms with Crippen LogP contribution in [-0.2, 0) is 0 Å². The van der Waals surface area contributed by atoms with Crippen molar-refractivity contribution in [1.82, 2.24) is 9.88 Å². The van der Waals surface area contributed by atoms with Gasteiger partial charge in [0.1, 0.15) is 5.69 Å². The zero-order valence-corrected chi connectivity index (χ0v) is 16.1. The van der Waals surface area contributed by atoms with Gasteiger partial charge in [-0.05, 0) is 69.0 Å². The van der Waals surface area contributed by atoms with Gasteiger partial charge in [-0.25, -0.2) is 0 Å². The average Bonchev–Trinajstić information content (AvgIpc) is 2.69. The number of carbonyl (C=O) groups excluding carboxylic acids is 3.